The quantitative estimate of drug-likeness (QED) is 0.645. The molecule has 6 nitrogen and oxygen atoms in total. The average molecular weight is 376 g/mol. The predicted octanol–water partition coefficient (Wildman–Crippen LogP) is 2.91. The predicted molar refractivity (Wildman–Crippen MR) is 105 cm³/mol. The fourth-order valence-electron chi connectivity index (χ4n) is 3.26. The second-order valence-corrected chi connectivity index (χ2v) is 7.13. The van der Waals surface area contributed by atoms with E-state index in [1.165, 1.54) is 5.56 Å². The van der Waals surface area contributed by atoms with Gasteiger partial charge in [-0.05, 0) is 37.1 Å². The van der Waals surface area contributed by atoms with E-state index in [1.807, 2.05) is 56.2 Å². The Hall–Kier alpha value is -2.21. The van der Waals surface area contributed by atoms with Crippen LogP contribution in [0.25, 0.3) is 0 Å². The highest BCUT2D eigenvalue weighted by atomic mass is 35.5. The zero-order chi connectivity index (χ0) is 18.5. The second-order valence-electron chi connectivity index (χ2n) is 6.69. The number of nitrogens with one attached hydrogen (secondary N) is 1. The van der Waals surface area contributed by atoms with Crippen molar-refractivity contribution in [3.63, 3.8) is 0 Å². The van der Waals surface area contributed by atoms with Crippen molar-refractivity contribution in [1.29, 1.82) is 0 Å². The normalized spacial score (nSPS) is 18.8. The fourth-order valence-corrected chi connectivity index (χ4v) is 3.44. The molecule has 2 atom stereocenters. The first-order chi connectivity index (χ1) is 12.5. The summed E-state index contributed by atoms with van der Waals surface area (Å²) in [4.78, 5) is 6.73. The van der Waals surface area contributed by atoms with Gasteiger partial charge in [-0.1, -0.05) is 17.7 Å². The zero-order valence-corrected chi connectivity index (χ0v) is 16.3. The van der Waals surface area contributed by atoms with E-state index in [-0.39, 0.29) is 6.10 Å². The van der Waals surface area contributed by atoms with E-state index in [0.29, 0.717) is 17.5 Å². The Kier molecular flexibility index (Phi) is 6.04. The first kappa shape index (κ1) is 18.6. The van der Waals surface area contributed by atoms with Crippen molar-refractivity contribution in [2.24, 2.45) is 12.0 Å². The van der Waals surface area contributed by atoms with Gasteiger partial charge in [-0.15, -0.1) is 0 Å². The summed E-state index contributed by atoms with van der Waals surface area (Å²) in [6.07, 6.45) is 5.18. The molecule has 1 aliphatic heterocycles. The maximum absolute atomic E-state index is 6.00. The molecule has 0 bridgehead atoms. The van der Waals surface area contributed by atoms with Crippen LogP contribution < -0.4 is 10.1 Å². The molecule has 0 spiro atoms. The van der Waals surface area contributed by atoms with Crippen LogP contribution in [0.3, 0.4) is 0 Å². The lowest BCUT2D eigenvalue weighted by Gasteiger charge is -2.23. The Balaban J connectivity index is 1.50. The third-order valence-corrected chi connectivity index (χ3v) is 4.81. The number of nitrogens with zero attached hydrogens (tertiary/aromatic N) is 4. The maximum Gasteiger partial charge on any atom is 0.193 e. The summed E-state index contributed by atoms with van der Waals surface area (Å²) in [5.74, 6) is 2.19. The highest BCUT2D eigenvalue weighted by molar-refractivity contribution is 6.30. The minimum absolute atomic E-state index is 0.00180. The fraction of sp³-hybridized carbons (Fsp3) is 0.474. The summed E-state index contributed by atoms with van der Waals surface area (Å²) in [6, 6.07) is 7.47. The van der Waals surface area contributed by atoms with Gasteiger partial charge in [-0.2, -0.15) is 5.10 Å². The summed E-state index contributed by atoms with van der Waals surface area (Å²) < 4.78 is 7.78. The number of benzene rings is 1. The molecule has 140 valence electrons. The molecule has 2 unspecified atom stereocenters. The molecule has 1 aliphatic rings. The highest BCUT2D eigenvalue weighted by Gasteiger charge is 2.27. The smallest absolute Gasteiger partial charge is 0.193 e. The Morgan fingerprint density at radius 1 is 1.50 bits per heavy atom. The van der Waals surface area contributed by atoms with Gasteiger partial charge in [0.25, 0.3) is 0 Å². The lowest BCUT2D eigenvalue weighted by molar-refractivity contribution is 0.222. The molecule has 1 aromatic carbocycles. The van der Waals surface area contributed by atoms with Gasteiger partial charge in [0.1, 0.15) is 11.9 Å². The molecule has 3 rings (SSSR count). The summed E-state index contributed by atoms with van der Waals surface area (Å²) in [6.45, 7) is 4.65. The zero-order valence-electron chi connectivity index (χ0n) is 15.5. The molecule has 1 aromatic heterocycles. The Morgan fingerprint density at radius 2 is 2.35 bits per heavy atom. The molecule has 1 saturated heterocycles. The molecule has 2 heterocycles. The largest absolute Gasteiger partial charge is 0.489 e. The van der Waals surface area contributed by atoms with E-state index >= 15 is 0 Å². The molecule has 1 N–H and O–H groups in total. The van der Waals surface area contributed by atoms with Crippen LogP contribution in [-0.4, -0.2) is 53.4 Å². The highest BCUT2D eigenvalue weighted by Crippen LogP contribution is 2.26. The van der Waals surface area contributed by atoms with E-state index in [0.717, 1.165) is 31.2 Å². The van der Waals surface area contributed by atoms with Gasteiger partial charge >= 0.3 is 0 Å². The van der Waals surface area contributed by atoms with Gasteiger partial charge in [-0.25, -0.2) is 0 Å². The van der Waals surface area contributed by atoms with Crippen molar-refractivity contribution in [3.8, 4) is 5.75 Å². The van der Waals surface area contributed by atoms with Crippen LogP contribution in [0.2, 0.25) is 5.02 Å². The second kappa shape index (κ2) is 8.45. The number of rotatable bonds is 5. The molecule has 0 radical (unpaired) electrons. The summed E-state index contributed by atoms with van der Waals surface area (Å²) >= 11 is 6.00. The molecule has 0 aliphatic carbocycles. The Labute approximate surface area is 159 Å². The van der Waals surface area contributed by atoms with Crippen LogP contribution in [0.4, 0.5) is 0 Å². The van der Waals surface area contributed by atoms with Crippen LogP contribution in [0, 0.1) is 0 Å². The van der Waals surface area contributed by atoms with Crippen molar-refractivity contribution >= 4 is 17.6 Å². The SMILES string of the molecule is CN=C(NCC(C)Oc1cccc(Cl)c1)N1CCC(c2cnn(C)c2)C1. The number of likely N-dealkylation sites (tertiary alicyclic amines) is 1. The van der Waals surface area contributed by atoms with Crippen molar-refractivity contribution in [3.05, 3.63) is 47.2 Å². The molecule has 1 fully saturated rings. The van der Waals surface area contributed by atoms with Crippen LogP contribution in [-0.2, 0) is 7.05 Å². The van der Waals surface area contributed by atoms with Gasteiger partial charge in [0.05, 0.1) is 12.7 Å². The lowest BCUT2D eigenvalue weighted by atomic mass is 10.0. The number of hydrogen-bond acceptors (Lipinski definition) is 3. The van der Waals surface area contributed by atoms with Crippen LogP contribution in [0.1, 0.15) is 24.8 Å². The van der Waals surface area contributed by atoms with Crippen LogP contribution in [0.15, 0.2) is 41.7 Å². The third kappa shape index (κ3) is 4.69. The molecule has 2 aromatic rings. The number of aryl methyl sites for hydroxylation is 1. The van der Waals surface area contributed by atoms with Crippen molar-refractivity contribution in [1.82, 2.24) is 20.0 Å². The summed E-state index contributed by atoms with van der Waals surface area (Å²) in [7, 11) is 3.78. The Bertz CT molecular complexity index is 760. The van der Waals surface area contributed by atoms with Crippen LogP contribution >= 0.6 is 11.6 Å². The number of aromatic nitrogens is 2. The van der Waals surface area contributed by atoms with Gasteiger partial charge in [0.2, 0.25) is 0 Å². The summed E-state index contributed by atoms with van der Waals surface area (Å²) in [5.41, 5.74) is 1.29. The van der Waals surface area contributed by atoms with Gasteiger partial charge in [0, 0.05) is 44.3 Å². The standard InChI is InChI=1S/C19H26ClN5O/c1-14(26-18-6-4-5-17(20)9-18)10-22-19(21-2)25-8-7-15(13-25)16-11-23-24(3)12-16/h4-6,9,11-12,14-15H,7-8,10,13H2,1-3H3,(H,21,22). The first-order valence-electron chi connectivity index (χ1n) is 8.91. The minimum Gasteiger partial charge on any atom is -0.489 e. The van der Waals surface area contributed by atoms with Crippen molar-refractivity contribution in [2.45, 2.75) is 25.4 Å². The maximum atomic E-state index is 6.00. The molecule has 0 amide bonds. The van der Waals surface area contributed by atoms with Crippen LogP contribution in [0.5, 0.6) is 5.75 Å². The minimum atomic E-state index is 0.00180. The van der Waals surface area contributed by atoms with E-state index in [1.54, 1.807) is 0 Å². The number of halogens is 1. The third-order valence-electron chi connectivity index (χ3n) is 4.58. The molecule has 7 heteroatoms. The first-order valence-corrected chi connectivity index (χ1v) is 9.29. The van der Waals surface area contributed by atoms with E-state index < -0.39 is 0 Å². The number of aliphatic imine (C=N–C) groups is 1. The molecular formula is C19H26ClN5O. The summed E-state index contributed by atoms with van der Waals surface area (Å²) in [5, 5.41) is 8.38. The van der Waals surface area contributed by atoms with Gasteiger partial charge in [0.15, 0.2) is 5.96 Å². The Morgan fingerprint density at radius 3 is 3.04 bits per heavy atom. The number of hydrogen-bond donors (Lipinski definition) is 1. The monoisotopic (exact) mass is 375 g/mol. The molecule has 0 saturated carbocycles. The average Bonchev–Trinajstić information content (AvgIpc) is 3.24. The molecule has 26 heavy (non-hydrogen) atoms. The van der Waals surface area contributed by atoms with E-state index in [4.69, 9.17) is 16.3 Å². The van der Waals surface area contributed by atoms with Gasteiger partial charge < -0.3 is 15.0 Å². The van der Waals surface area contributed by atoms with Crippen molar-refractivity contribution < 1.29 is 4.74 Å². The van der Waals surface area contributed by atoms with E-state index in [2.05, 4.69) is 26.5 Å². The van der Waals surface area contributed by atoms with Gasteiger partial charge in [-0.3, -0.25) is 9.67 Å². The van der Waals surface area contributed by atoms with E-state index in [9.17, 15) is 0 Å². The van der Waals surface area contributed by atoms with Crippen molar-refractivity contribution in [2.75, 3.05) is 26.7 Å². The lowest BCUT2D eigenvalue weighted by Crippen LogP contribution is -2.43. The molecular weight excluding hydrogens is 350 g/mol. The number of ether oxygens (including phenoxy) is 1. The topological polar surface area (TPSA) is 54.7 Å². The number of guanidine groups is 1.